The number of benzene rings is 2. The predicted octanol–water partition coefficient (Wildman–Crippen LogP) is 3.43. The fourth-order valence-corrected chi connectivity index (χ4v) is 5.85. The minimum atomic E-state index is -3.76. The molecule has 0 saturated carbocycles. The third-order valence-corrected chi connectivity index (χ3v) is 8.26. The number of hydrogen-bond acceptors (Lipinski definition) is 5. The number of likely N-dealkylation sites (N-methyl/N-ethyl adjacent to an activating group) is 1. The molecule has 2 heterocycles. The van der Waals surface area contributed by atoms with Gasteiger partial charge in [-0.05, 0) is 55.3 Å². The number of carbonyl (C=O) groups excluding carboxylic acids is 1. The highest BCUT2D eigenvalue weighted by atomic mass is 32.2. The highest BCUT2D eigenvalue weighted by Crippen LogP contribution is 2.43. The van der Waals surface area contributed by atoms with Crippen LogP contribution in [0.3, 0.4) is 0 Å². The Balaban J connectivity index is 1.78. The molecule has 1 fully saturated rings. The van der Waals surface area contributed by atoms with Crippen LogP contribution >= 0.6 is 0 Å². The first-order valence-electron chi connectivity index (χ1n) is 10.0. The molecule has 0 aromatic heterocycles. The first-order chi connectivity index (χ1) is 14.1. The lowest BCUT2D eigenvalue weighted by Crippen LogP contribution is -2.35. The summed E-state index contributed by atoms with van der Waals surface area (Å²) in [6.07, 6.45) is 1.35. The number of sulfone groups is 1. The second-order valence-corrected chi connectivity index (χ2v) is 10.5. The molecule has 0 N–H and O–H groups in total. The maximum absolute atomic E-state index is 13.5. The first kappa shape index (κ1) is 21.0. The van der Waals surface area contributed by atoms with E-state index in [4.69, 9.17) is 9.47 Å². The summed E-state index contributed by atoms with van der Waals surface area (Å²) in [5.74, 6) is -0.0457. The van der Waals surface area contributed by atoms with E-state index < -0.39 is 20.9 Å². The molecule has 160 valence electrons. The number of methoxy groups -OCH3 is 1. The Morgan fingerprint density at radius 2 is 1.70 bits per heavy atom. The summed E-state index contributed by atoms with van der Waals surface area (Å²) in [6, 6.07) is 11.9. The van der Waals surface area contributed by atoms with Crippen LogP contribution < -0.4 is 4.90 Å². The molecule has 0 unspecified atom stereocenters. The lowest BCUT2D eigenvalue weighted by molar-refractivity contribution is -0.121. The molecule has 1 saturated heterocycles. The molecule has 2 aromatic rings. The molecule has 0 aliphatic carbocycles. The van der Waals surface area contributed by atoms with Crippen molar-refractivity contribution in [3.8, 4) is 0 Å². The van der Waals surface area contributed by atoms with Gasteiger partial charge < -0.3 is 14.4 Å². The molecule has 0 radical (unpaired) electrons. The van der Waals surface area contributed by atoms with Crippen molar-refractivity contribution in [1.29, 1.82) is 0 Å². The van der Waals surface area contributed by atoms with Crippen molar-refractivity contribution in [2.24, 2.45) is 0 Å². The van der Waals surface area contributed by atoms with Gasteiger partial charge in [0.25, 0.3) is 0 Å². The van der Waals surface area contributed by atoms with Gasteiger partial charge in [-0.2, -0.15) is 0 Å². The Labute approximate surface area is 177 Å². The lowest BCUT2D eigenvalue weighted by atomic mass is 9.86. The number of nitrogens with zero attached hydrogens (tertiary/aromatic N) is 1. The van der Waals surface area contributed by atoms with Crippen molar-refractivity contribution in [3.05, 3.63) is 53.6 Å². The largest absolute Gasteiger partial charge is 0.381 e. The number of anilines is 1. The topological polar surface area (TPSA) is 72.9 Å². The number of amides is 1. The molecule has 0 bridgehead atoms. The molecule has 7 heteroatoms. The molecule has 6 nitrogen and oxygen atoms in total. The van der Waals surface area contributed by atoms with E-state index in [0.717, 1.165) is 16.8 Å². The minimum absolute atomic E-state index is 0.0457. The van der Waals surface area contributed by atoms with Gasteiger partial charge in [0, 0.05) is 45.9 Å². The average Bonchev–Trinajstić information content (AvgIpc) is 2.94. The normalized spacial score (nSPS) is 20.3. The molecule has 0 atom stereocenters. The number of ether oxygens (including phenoxy) is 2. The van der Waals surface area contributed by atoms with Crippen LogP contribution in [-0.4, -0.2) is 41.7 Å². The molecular weight excluding hydrogens is 402 g/mol. The number of hydrogen-bond donors (Lipinski definition) is 0. The van der Waals surface area contributed by atoms with Crippen LogP contribution in [0.1, 0.15) is 37.8 Å². The lowest BCUT2D eigenvalue weighted by Gasteiger charge is -2.36. The quantitative estimate of drug-likeness (QED) is 0.745. The van der Waals surface area contributed by atoms with Crippen molar-refractivity contribution in [2.75, 3.05) is 32.3 Å². The third kappa shape index (κ3) is 3.07. The number of fused-ring (bicyclic) bond motifs is 1. The Hall–Kier alpha value is -2.22. The van der Waals surface area contributed by atoms with E-state index in [1.165, 1.54) is 0 Å². The van der Waals surface area contributed by atoms with Crippen molar-refractivity contribution in [1.82, 2.24) is 0 Å². The van der Waals surface area contributed by atoms with E-state index in [1.807, 2.05) is 19.9 Å². The zero-order valence-corrected chi connectivity index (χ0v) is 18.6. The van der Waals surface area contributed by atoms with E-state index >= 15 is 0 Å². The van der Waals surface area contributed by atoms with Gasteiger partial charge in [-0.15, -0.1) is 0 Å². The molecule has 2 aromatic carbocycles. The van der Waals surface area contributed by atoms with Crippen molar-refractivity contribution < 1.29 is 22.7 Å². The number of carbonyl (C=O) groups is 1. The summed E-state index contributed by atoms with van der Waals surface area (Å²) < 4.78 is 38.2. The van der Waals surface area contributed by atoms with Crippen molar-refractivity contribution in [2.45, 2.75) is 47.5 Å². The summed E-state index contributed by atoms with van der Waals surface area (Å²) in [5, 5.41) is 0. The first-order valence-corrected chi connectivity index (χ1v) is 11.5. The van der Waals surface area contributed by atoms with Gasteiger partial charge in [-0.3, -0.25) is 4.79 Å². The van der Waals surface area contributed by atoms with Crippen LogP contribution in [0.5, 0.6) is 0 Å². The minimum Gasteiger partial charge on any atom is -0.381 e. The fourth-order valence-electron chi connectivity index (χ4n) is 4.51. The van der Waals surface area contributed by atoms with Crippen LogP contribution in [0.4, 0.5) is 5.69 Å². The summed E-state index contributed by atoms with van der Waals surface area (Å²) in [6.45, 7) is 4.79. The maximum atomic E-state index is 13.5. The summed E-state index contributed by atoms with van der Waals surface area (Å²) in [5.41, 5.74) is 1.01. The van der Waals surface area contributed by atoms with E-state index in [1.54, 1.807) is 55.5 Å². The molecule has 2 aliphatic rings. The van der Waals surface area contributed by atoms with Crippen LogP contribution in [0, 0.1) is 0 Å². The second kappa shape index (κ2) is 7.18. The van der Waals surface area contributed by atoms with E-state index in [9.17, 15) is 13.2 Å². The molecule has 2 aliphatic heterocycles. The van der Waals surface area contributed by atoms with Gasteiger partial charge >= 0.3 is 0 Å². The zero-order chi connectivity index (χ0) is 21.7. The highest BCUT2D eigenvalue weighted by Gasteiger charge is 2.43. The van der Waals surface area contributed by atoms with E-state index in [-0.39, 0.29) is 15.7 Å². The highest BCUT2D eigenvalue weighted by molar-refractivity contribution is 7.91. The summed E-state index contributed by atoms with van der Waals surface area (Å²) in [7, 11) is -0.389. The second-order valence-electron chi connectivity index (χ2n) is 8.51. The summed E-state index contributed by atoms with van der Waals surface area (Å²) in [4.78, 5) is 14.5. The Bertz CT molecular complexity index is 1100. The van der Waals surface area contributed by atoms with Crippen LogP contribution in [-0.2, 0) is 35.1 Å². The molecular formula is C23H27NO5S. The Kier molecular flexibility index (Phi) is 5.03. The van der Waals surface area contributed by atoms with Crippen molar-refractivity contribution in [3.63, 3.8) is 0 Å². The molecule has 1 amide bonds. The molecule has 30 heavy (non-hydrogen) atoms. The van der Waals surface area contributed by atoms with Gasteiger partial charge in [0.15, 0.2) is 0 Å². The third-order valence-electron chi connectivity index (χ3n) is 6.51. The van der Waals surface area contributed by atoms with Gasteiger partial charge in [-0.1, -0.05) is 12.1 Å². The summed E-state index contributed by atoms with van der Waals surface area (Å²) >= 11 is 0. The molecule has 0 spiro atoms. The molecule has 4 rings (SSSR count). The predicted molar refractivity (Wildman–Crippen MR) is 114 cm³/mol. The smallest absolute Gasteiger partial charge is 0.236 e. The van der Waals surface area contributed by atoms with Gasteiger partial charge in [0.2, 0.25) is 15.7 Å². The average molecular weight is 430 g/mol. The van der Waals surface area contributed by atoms with Crippen LogP contribution in [0.2, 0.25) is 0 Å². The Morgan fingerprint density at radius 3 is 2.37 bits per heavy atom. The van der Waals surface area contributed by atoms with Crippen LogP contribution in [0.15, 0.2) is 52.3 Å². The number of rotatable bonds is 4. The van der Waals surface area contributed by atoms with Crippen molar-refractivity contribution >= 4 is 21.4 Å². The zero-order valence-electron chi connectivity index (χ0n) is 17.8. The van der Waals surface area contributed by atoms with Gasteiger partial charge in [0.05, 0.1) is 20.8 Å². The van der Waals surface area contributed by atoms with Gasteiger partial charge in [0.1, 0.15) is 0 Å². The SMILES string of the molecule is COC1(c2cccc(S(=O)(=O)c3ccc4c(c3)C(C)(C)C(=O)N4C)c2)CCOCC1. The van der Waals surface area contributed by atoms with E-state index in [2.05, 4.69) is 0 Å². The van der Waals surface area contributed by atoms with E-state index in [0.29, 0.717) is 26.1 Å². The standard InChI is InChI=1S/C23H27NO5S/c1-22(2)19-15-18(8-9-20(19)24(3)21(22)25)30(26,27)17-7-5-6-16(14-17)23(28-4)10-12-29-13-11-23/h5-9,14-15H,10-13H2,1-4H3. The fraction of sp³-hybridized carbons (Fsp3) is 0.435. The monoisotopic (exact) mass is 429 g/mol. The maximum Gasteiger partial charge on any atom is 0.236 e. The van der Waals surface area contributed by atoms with Gasteiger partial charge in [-0.25, -0.2) is 8.42 Å². The van der Waals surface area contributed by atoms with Crippen LogP contribution in [0.25, 0.3) is 0 Å². The Morgan fingerprint density at radius 1 is 1.03 bits per heavy atom.